The largest absolute Gasteiger partial charge is 0.494 e. The van der Waals surface area contributed by atoms with Gasteiger partial charge in [0.15, 0.2) is 11.5 Å². The van der Waals surface area contributed by atoms with Gasteiger partial charge in [-0.15, -0.1) is 10.2 Å². The van der Waals surface area contributed by atoms with Crippen LogP contribution >= 0.6 is 23.2 Å². The molecule has 0 atom stereocenters. The van der Waals surface area contributed by atoms with Crippen LogP contribution in [0.15, 0.2) is 221 Å². The van der Waals surface area contributed by atoms with Gasteiger partial charge >= 0.3 is 0 Å². The molecule has 0 N–H and O–H groups in total. The van der Waals surface area contributed by atoms with E-state index in [0.717, 1.165) is 118 Å². The van der Waals surface area contributed by atoms with Crippen LogP contribution in [0.4, 0.5) is 51.2 Å². The number of methoxy groups -OCH3 is 2. The molecule has 11 aromatic carbocycles. The minimum atomic E-state index is -0.245. The molecular formula is C74H61Cl2N9O4. The smallest absolute Gasteiger partial charge is 0.261 e. The van der Waals surface area contributed by atoms with E-state index in [-0.39, 0.29) is 11.8 Å². The fourth-order valence-electron chi connectivity index (χ4n) is 12.6. The highest BCUT2D eigenvalue weighted by Crippen LogP contribution is 2.49. The maximum absolute atomic E-state index is 14.8. The van der Waals surface area contributed by atoms with Crippen LogP contribution in [0.2, 0.25) is 10.0 Å². The lowest BCUT2D eigenvalue weighted by Crippen LogP contribution is -2.27. The summed E-state index contributed by atoms with van der Waals surface area (Å²) >= 11 is 13.2. The molecule has 0 aliphatic carbocycles. The standard InChI is InChI=1S/C74H61Cl2N9O4/c1-9-44-18-14-16-22-61(44)83(5)73(86)59-40-46-24-36-55-57-42-48(75)26-38-63(57)81(3)69(55)65(46)67(71(59)88-7)79-77-50-28-32-53(33-29-50)85(52-20-12-11-13-21-52)54-34-30-51(31-35-54)78-80-68-66-47(25-37-56-58-43-49(76)27-39-64(58)82(4)70(56)66)41-60(72(68)89-8)74(87)84(6)62-23-17-15-19-45(62)10-2/h11-43H,9-10H2,1-8H3. The van der Waals surface area contributed by atoms with Gasteiger partial charge in [-0.2, -0.15) is 10.2 Å². The van der Waals surface area contributed by atoms with E-state index >= 15 is 0 Å². The number of rotatable bonds is 15. The predicted molar refractivity (Wildman–Crippen MR) is 366 cm³/mol. The molecule has 89 heavy (non-hydrogen) atoms. The molecule has 0 aliphatic heterocycles. The third kappa shape index (κ3) is 10.1. The second-order valence-electron chi connectivity index (χ2n) is 22.0. The Labute approximate surface area is 524 Å². The second-order valence-corrected chi connectivity index (χ2v) is 22.8. The van der Waals surface area contributed by atoms with Crippen LogP contribution in [0.3, 0.4) is 0 Å². The van der Waals surface area contributed by atoms with E-state index < -0.39 is 0 Å². The predicted octanol–water partition coefficient (Wildman–Crippen LogP) is 20.6. The molecule has 0 radical (unpaired) electrons. The maximum atomic E-state index is 14.8. The van der Waals surface area contributed by atoms with Gasteiger partial charge < -0.3 is 33.3 Å². The number of anilines is 5. The van der Waals surface area contributed by atoms with Gasteiger partial charge in [-0.05, 0) is 156 Å². The molecule has 440 valence electrons. The SMILES string of the molecule is CCc1ccccc1N(C)C(=O)c1cc2ccc3c4cc(Cl)ccc4n(C)c3c2c(N=Nc2ccc(N(c3ccccc3)c3ccc(N=Nc4c(OC)c(C(=O)N(C)c5ccccc5CC)cc5ccc6c7cc(Cl)ccc7n(C)c6c45)cc3)cc2)c1OC. The average Bonchev–Trinajstić information content (AvgIpc) is 1.68. The normalized spacial score (nSPS) is 11.8. The Balaban J connectivity index is 0.880. The lowest BCUT2D eigenvalue weighted by molar-refractivity contribution is 0.0982. The van der Waals surface area contributed by atoms with E-state index in [1.165, 1.54) is 0 Å². The molecule has 2 heterocycles. The molecule has 0 fully saturated rings. The Morgan fingerprint density at radius 1 is 0.449 bits per heavy atom. The minimum Gasteiger partial charge on any atom is -0.494 e. The van der Waals surface area contributed by atoms with Crippen molar-refractivity contribution in [1.29, 1.82) is 0 Å². The zero-order chi connectivity index (χ0) is 61.8. The van der Waals surface area contributed by atoms with E-state index in [4.69, 9.17) is 53.1 Å². The van der Waals surface area contributed by atoms with Gasteiger partial charge in [0.1, 0.15) is 11.4 Å². The van der Waals surface area contributed by atoms with Gasteiger partial charge in [0.2, 0.25) is 0 Å². The van der Waals surface area contributed by atoms with Crippen molar-refractivity contribution in [2.24, 2.45) is 34.6 Å². The monoisotopic (exact) mass is 1210 g/mol. The Hall–Kier alpha value is -10.3. The number of azo groups is 2. The number of para-hydroxylation sites is 3. The third-order valence-electron chi connectivity index (χ3n) is 17.0. The first kappa shape index (κ1) is 57.7. The van der Waals surface area contributed by atoms with Gasteiger partial charge in [-0.1, -0.05) is 116 Å². The summed E-state index contributed by atoms with van der Waals surface area (Å²) in [5.74, 6) is 0.119. The number of carbonyl (C=O) groups excluding carboxylic acids is 2. The van der Waals surface area contributed by atoms with E-state index in [9.17, 15) is 9.59 Å². The van der Waals surface area contributed by atoms with Crippen molar-refractivity contribution in [1.82, 2.24) is 9.13 Å². The highest BCUT2D eigenvalue weighted by Gasteiger charge is 2.29. The molecule has 0 saturated heterocycles. The first-order valence-electron chi connectivity index (χ1n) is 29.3. The first-order chi connectivity index (χ1) is 43.3. The minimum absolute atomic E-state index is 0.245. The van der Waals surface area contributed by atoms with E-state index in [1.807, 2.05) is 190 Å². The summed E-state index contributed by atoms with van der Waals surface area (Å²) in [6, 6.07) is 65.3. The van der Waals surface area contributed by atoms with E-state index in [1.54, 1.807) is 38.1 Å². The summed E-state index contributed by atoms with van der Waals surface area (Å²) in [5, 5.41) is 28.2. The third-order valence-corrected chi connectivity index (χ3v) is 17.5. The molecule has 0 bridgehead atoms. The zero-order valence-electron chi connectivity index (χ0n) is 50.4. The highest BCUT2D eigenvalue weighted by molar-refractivity contribution is 6.33. The van der Waals surface area contributed by atoms with Crippen molar-refractivity contribution in [3.8, 4) is 11.5 Å². The lowest BCUT2D eigenvalue weighted by atomic mass is 9.99. The topological polar surface area (TPSA) is 122 Å². The van der Waals surface area contributed by atoms with Crippen molar-refractivity contribution >= 4 is 151 Å². The van der Waals surface area contributed by atoms with Crippen LogP contribution in [0, 0.1) is 0 Å². The second kappa shape index (κ2) is 23.7. The number of fused-ring (bicyclic) bond motifs is 10. The average molecular weight is 1210 g/mol. The lowest BCUT2D eigenvalue weighted by Gasteiger charge is -2.25. The number of nitrogens with zero attached hydrogens (tertiary/aromatic N) is 9. The Morgan fingerprint density at radius 2 is 0.843 bits per heavy atom. The number of hydrogen-bond acceptors (Lipinski definition) is 9. The summed E-state index contributed by atoms with van der Waals surface area (Å²) in [4.78, 5) is 35.1. The van der Waals surface area contributed by atoms with Crippen LogP contribution in [0.5, 0.6) is 11.5 Å². The van der Waals surface area contributed by atoms with Crippen LogP contribution in [0.25, 0.3) is 65.2 Å². The molecule has 0 aliphatic rings. The van der Waals surface area contributed by atoms with Gasteiger partial charge in [0, 0.05) is 110 Å². The first-order valence-corrected chi connectivity index (χ1v) is 30.1. The summed E-state index contributed by atoms with van der Waals surface area (Å²) in [6.45, 7) is 4.15. The van der Waals surface area contributed by atoms with Crippen molar-refractivity contribution in [2.45, 2.75) is 26.7 Å². The summed E-state index contributed by atoms with van der Waals surface area (Å²) in [6.07, 6.45) is 1.51. The van der Waals surface area contributed by atoms with Gasteiger partial charge in [-0.25, -0.2) is 0 Å². The van der Waals surface area contributed by atoms with Crippen molar-refractivity contribution in [3.63, 3.8) is 0 Å². The summed E-state index contributed by atoms with van der Waals surface area (Å²) < 4.78 is 16.7. The Bertz CT molecular complexity index is 4740. The van der Waals surface area contributed by atoms with Crippen molar-refractivity contribution in [3.05, 3.63) is 232 Å². The van der Waals surface area contributed by atoms with Gasteiger partial charge in [0.05, 0.1) is 47.8 Å². The number of hydrogen-bond donors (Lipinski definition) is 0. The molecule has 13 aromatic rings. The molecule has 15 heteroatoms. The molecule has 0 unspecified atom stereocenters. The van der Waals surface area contributed by atoms with E-state index in [2.05, 4.69) is 52.1 Å². The molecular weight excluding hydrogens is 1150 g/mol. The number of aromatic nitrogens is 2. The Morgan fingerprint density at radius 3 is 1.25 bits per heavy atom. The molecule has 2 aromatic heterocycles. The van der Waals surface area contributed by atoms with Gasteiger partial charge in [-0.3, -0.25) is 9.59 Å². The van der Waals surface area contributed by atoms with E-state index in [0.29, 0.717) is 55.4 Å². The zero-order valence-corrected chi connectivity index (χ0v) is 51.9. The van der Waals surface area contributed by atoms with Crippen LogP contribution in [0.1, 0.15) is 45.7 Å². The number of carbonyl (C=O) groups is 2. The summed E-state index contributed by atoms with van der Waals surface area (Å²) in [7, 11) is 10.8. The summed E-state index contributed by atoms with van der Waals surface area (Å²) in [5.41, 5.74) is 12.8. The number of amides is 2. The number of halogens is 2. The number of aryl methyl sites for hydroxylation is 4. The molecule has 13 rings (SSSR count). The number of benzene rings is 11. The highest BCUT2D eigenvalue weighted by atomic mass is 35.5. The fourth-order valence-corrected chi connectivity index (χ4v) is 13.0. The van der Waals surface area contributed by atoms with Crippen molar-refractivity contribution < 1.29 is 19.1 Å². The van der Waals surface area contributed by atoms with Gasteiger partial charge in [0.25, 0.3) is 11.8 Å². The van der Waals surface area contributed by atoms with Crippen LogP contribution < -0.4 is 24.2 Å². The molecule has 0 saturated carbocycles. The molecule has 2 amide bonds. The quantitative estimate of drug-likeness (QED) is 0.0947. The van der Waals surface area contributed by atoms with Crippen LogP contribution in [-0.2, 0) is 26.9 Å². The van der Waals surface area contributed by atoms with Crippen molar-refractivity contribution in [2.75, 3.05) is 43.0 Å². The maximum Gasteiger partial charge on any atom is 0.261 e. The number of ether oxygens (including phenoxy) is 2. The molecule has 0 spiro atoms. The fraction of sp³-hybridized carbons (Fsp3) is 0.135. The van der Waals surface area contributed by atoms with Crippen LogP contribution in [-0.4, -0.2) is 49.3 Å². The Kier molecular flexibility index (Phi) is 15.4. The molecule has 13 nitrogen and oxygen atoms in total.